The molecule has 1 aromatic heterocycles. The molecule has 0 spiro atoms. The van der Waals surface area contributed by atoms with E-state index in [1.165, 1.54) is 6.26 Å². The summed E-state index contributed by atoms with van der Waals surface area (Å²) in [5.74, 6) is 0.0591. The summed E-state index contributed by atoms with van der Waals surface area (Å²) in [7, 11) is 1.73. The highest BCUT2D eigenvalue weighted by atomic mass is 32.1. The molecular weight excluding hydrogens is 276 g/mol. The number of aromatic nitrogens is 1. The Labute approximate surface area is 120 Å². The summed E-state index contributed by atoms with van der Waals surface area (Å²) in [6.45, 7) is 1.35. The Kier molecular flexibility index (Phi) is 3.56. The fraction of sp³-hybridized carbons (Fsp3) is 0.286. The zero-order chi connectivity index (χ0) is 13.9. The largest absolute Gasteiger partial charge is 0.494 e. The Morgan fingerprint density at radius 3 is 3.00 bits per heavy atom. The number of carbonyl (C=O) groups excluding carboxylic acids is 1. The number of thiazole rings is 1. The van der Waals surface area contributed by atoms with Crippen LogP contribution in [0.3, 0.4) is 0 Å². The minimum absolute atomic E-state index is 0.191. The highest BCUT2D eigenvalue weighted by molar-refractivity contribution is 7.18. The second-order valence-corrected chi connectivity index (χ2v) is 5.55. The second kappa shape index (κ2) is 5.50. The molecule has 3 rings (SSSR count). The third-order valence-electron chi connectivity index (χ3n) is 2.92. The number of hydrogen-bond acceptors (Lipinski definition) is 5. The van der Waals surface area contributed by atoms with Crippen molar-refractivity contribution in [2.45, 2.75) is 6.54 Å². The highest BCUT2D eigenvalue weighted by Gasteiger charge is 2.20. The van der Waals surface area contributed by atoms with Gasteiger partial charge in [-0.25, -0.2) is 4.98 Å². The van der Waals surface area contributed by atoms with E-state index in [0.29, 0.717) is 19.8 Å². The molecule has 1 amide bonds. The molecule has 0 radical (unpaired) electrons. The number of ether oxygens (including phenoxy) is 2. The molecule has 0 saturated carbocycles. The molecule has 5 nitrogen and oxygen atoms in total. The maximum atomic E-state index is 12.1. The van der Waals surface area contributed by atoms with Crippen LogP contribution in [0.2, 0.25) is 0 Å². The lowest BCUT2D eigenvalue weighted by Crippen LogP contribution is -2.30. The maximum absolute atomic E-state index is 12.1. The van der Waals surface area contributed by atoms with E-state index in [0.717, 1.165) is 15.2 Å². The third kappa shape index (κ3) is 2.60. The molecular formula is C14H14N2O3S. The molecule has 0 saturated heterocycles. The molecule has 1 aliphatic rings. The summed E-state index contributed by atoms with van der Waals surface area (Å²) >= 11 is 1.59. The highest BCUT2D eigenvalue weighted by Crippen LogP contribution is 2.22. The monoisotopic (exact) mass is 290 g/mol. The minimum Gasteiger partial charge on any atom is -0.494 e. The molecule has 0 atom stereocenters. The van der Waals surface area contributed by atoms with Crippen molar-refractivity contribution in [2.24, 2.45) is 0 Å². The predicted octanol–water partition coefficient (Wildman–Crippen LogP) is 2.14. The number of rotatable bonds is 3. The molecule has 0 unspecified atom stereocenters. The third-order valence-corrected chi connectivity index (χ3v) is 3.94. The van der Waals surface area contributed by atoms with E-state index in [9.17, 15) is 4.79 Å². The topological polar surface area (TPSA) is 51.7 Å². The summed E-state index contributed by atoms with van der Waals surface area (Å²) in [6.07, 6.45) is 1.38. The Hall–Kier alpha value is -2.08. The van der Waals surface area contributed by atoms with E-state index in [4.69, 9.17) is 9.47 Å². The first-order valence-electron chi connectivity index (χ1n) is 6.28. The molecule has 1 aromatic carbocycles. The van der Waals surface area contributed by atoms with Crippen LogP contribution in [0.1, 0.15) is 5.01 Å². The van der Waals surface area contributed by atoms with Gasteiger partial charge in [-0.15, -0.1) is 11.3 Å². The lowest BCUT2D eigenvalue weighted by atomic mass is 10.3. The van der Waals surface area contributed by atoms with Gasteiger partial charge < -0.3 is 14.4 Å². The Balaban J connectivity index is 1.73. The first-order valence-corrected chi connectivity index (χ1v) is 7.10. The van der Waals surface area contributed by atoms with Gasteiger partial charge in [0, 0.05) is 7.05 Å². The molecule has 0 fully saturated rings. The maximum Gasteiger partial charge on any atom is 0.292 e. The summed E-state index contributed by atoms with van der Waals surface area (Å²) in [6, 6.07) is 7.94. The molecule has 2 heterocycles. The standard InChI is InChI=1S/C14H14N2O3S/c1-16(14(17)11-9-18-6-7-19-11)8-13-15-10-4-2-3-5-12(10)20-13/h2-5,9H,6-8H2,1H3. The number of carbonyl (C=O) groups is 1. The lowest BCUT2D eigenvalue weighted by Gasteiger charge is -2.20. The van der Waals surface area contributed by atoms with Crippen LogP contribution in [0.15, 0.2) is 36.3 Å². The van der Waals surface area contributed by atoms with Crippen LogP contribution >= 0.6 is 11.3 Å². The summed E-state index contributed by atoms with van der Waals surface area (Å²) in [5.41, 5.74) is 0.963. The molecule has 0 aliphatic carbocycles. The van der Waals surface area contributed by atoms with Crippen LogP contribution in [0.5, 0.6) is 0 Å². The quantitative estimate of drug-likeness (QED) is 0.869. The van der Waals surface area contributed by atoms with Gasteiger partial charge in [0.25, 0.3) is 5.91 Å². The Morgan fingerprint density at radius 1 is 1.40 bits per heavy atom. The number of nitrogens with zero attached hydrogens (tertiary/aromatic N) is 2. The van der Waals surface area contributed by atoms with Crippen molar-refractivity contribution in [2.75, 3.05) is 20.3 Å². The molecule has 20 heavy (non-hydrogen) atoms. The van der Waals surface area contributed by atoms with Crippen LogP contribution in [0, 0.1) is 0 Å². The molecule has 6 heteroatoms. The molecule has 2 aromatic rings. The van der Waals surface area contributed by atoms with Gasteiger partial charge >= 0.3 is 0 Å². The predicted molar refractivity (Wildman–Crippen MR) is 76.1 cm³/mol. The fourth-order valence-electron chi connectivity index (χ4n) is 1.93. The summed E-state index contributed by atoms with van der Waals surface area (Å²) in [5, 5.41) is 0.902. The van der Waals surface area contributed by atoms with Crippen LogP contribution in [-0.2, 0) is 20.8 Å². The Bertz CT molecular complexity index is 632. The van der Waals surface area contributed by atoms with Crippen molar-refractivity contribution in [3.8, 4) is 0 Å². The second-order valence-electron chi connectivity index (χ2n) is 4.44. The number of para-hydroxylation sites is 1. The first-order chi connectivity index (χ1) is 9.74. The van der Waals surface area contributed by atoms with E-state index in [-0.39, 0.29) is 11.7 Å². The zero-order valence-corrected chi connectivity index (χ0v) is 11.9. The number of fused-ring (bicyclic) bond motifs is 1. The van der Waals surface area contributed by atoms with E-state index in [1.54, 1.807) is 23.3 Å². The van der Waals surface area contributed by atoms with Crippen molar-refractivity contribution in [3.63, 3.8) is 0 Å². The molecule has 104 valence electrons. The number of amides is 1. The normalized spacial score (nSPS) is 14.3. The van der Waals surface area contributed by atoms with Gasteiger partial charge in [0.05, 0.1) is 16.8 Å². The first kappa shape index (κ1) is 12.9. The van der Waals surface area contributed by atoms with Gasteiger partial charge in [0.2, 0.25) is 5.76 Å². The number of benzene rings is 1. The summed E-state index contributed by atoms with van der Waals surface area (Å²) in [4.78, 5) is 18.2. The van der Waals surface area contributed by atoms with E-state index < -0.39 is 0 Å². The van der Waals surface area contributed by atoms with Crippen molar-refractivity contribution in [1.29, 1.82) is 0 Å². The van der Waals surface area contributed by atoms with Crippen molar-refractivity contribution in [1.82, 2.24) is 9.88 Å². The average molecular weight is 290 g/mol. The smallest absolute Gasteiger partial charge is 0.292 e. The minimum atomic E-state index is -0.191. The summed E-state index contributed by atoms with van der Waals surface area (Å²) < 4.78 is 11.5. The van der Waals surface area contributed by atoms with Gasteiger partial charge in [-0.05, 0) is 12.1 Å². The van der Waals surface area contributed by atoms with Crippen molar-refractivity contribution in [3.05, 3.63) is 41.3 Å². The zero-order valence-electron chi connectivity index (χ0n) is 11.0. The van der Waals surface area contributed by atoms with E-state index >= 15 is 0 Å². The van der Waals surface area contributed by atoms with Crippen LogP contribution in [0.4, 0.5) is 0 Å². The SMILES string of the molecule is CN(Cc1nc2ccccc2s1)C(=O)C1=COCCO1. The average Bonchev–Trinajstić information content (AvgIpc) is 2.89. The van der Waals surface area contributed by atoms with Gasteiger partial charge in [0.15, 0.2) is 0 Å². The molecule has 0 bridgehead atoms. The molecule has 0 N–H and O–H groups in total. The van der Waals surface area contributed by atoms with Crippen molar-refractivity contribution < 1.29 is 14.3 Å². The van der Waals surface area contributed by atoms with Gasteiger partial charge in [0.1, 0.15) is 24.5 Å². The van der Waals surface area contributed by atoms with Crippen LogP contribution in [0.25, 0.3) is 10.2 Å². The number of likely N-dealkylation sites (N-methyl/N-ethyl adjacent to an activating group) is 1. The van der Waals surface area contributed by atoms with Crippen molar-refractivity contribution >= 4 is 27.5 Å². The Morgan fingerprint density at radius 2 is 2.25 bits per heavy atom. The fourth-order valence-corrected chi connectivity index (χ4v) is 2.95. The van der Waals surface area contributed by atoms with Gasteiger partial charge in [-0.3, -0.25) is 4.79 Å². The molecule has 1 aliphatic heterocycles. The van der Waals surface area contributed by atoms with Crippen LogP contribution in [-0.4, -0.2) is 36.1 Å². The van der Waals surface area contributed by atoms with Gasteiger partial charge in [-0.2, -0.15) is 0 Å². The van der Waals surface area contributed by atoms with Crippen LogP contribution < -0.4 is 0 Å². The van der Waals surface area contributed by atoms with E-state index in [2.05, 4.69) is 4.98 Å². The van der Waals surface area contributed by atoms with E-state index in [1.807, 2.05) is 24.3 Å². The number of hydrogen-bond donors (Lipinski definition) is 0. The van der Waals surface area contributed by atoms with Gasteiger partial charge in [-0.1, -0.05) is 12.1 Å². The lowest BCUT2D eigenvalue weighted by molar-refractivity contribution is -0.131.